The van der Waals surface area contributed by atoms with Gasteiger partial charge in [0.15, 0.2) is 9.84 Å². The Morgan fingerprint density at radius 1 is 1.38 bits per heavy atom. The van der Waals surface area contributed by atoms with Crippen LogP contribution in [0.5, 0.6) is 0 Å². The molecule has 0 amide bonds. The Kier molecular flexibility index (Phi) is 4.18. The van der Waals surface area contributed by atoms with E-state index < -0.39 is 25.4 Å². The molecule has 0 saturated carbocycles. The van der Waals surface area contributed by atoms with Crippen molar-refractivity contribution in [3.63, 3.8) is 0 Å². The fourth-order valence-corrected chi connectivity index (χ4v) is 6.42. The summed E-state index contributed by atoms with van der Waals surface area (Å²) >= 11 is 0. The third-order valence-electron chi connectivity index (χ3n) is 3.61. The highest BCUT2D eigenvalue weighted by molar-refractivity contribution is 7.92. The second kappa shape index (κ2) is 5.35. The molecule has 1 atom stereocenters. The maximum atomic E-state index is 12.5. The van der Waals surface area contributed by atoms with Crippen LogP contribution in [-0.4, -0.2) is 39.0 Å². The van der Waals surface area contributed by atoms with Gasteiger partial charge in [-0.2, -0.15) is 0 Å². The van der Waals surface area contributed by atoms with Crippen molar-refractivity contribution >= 4 is 19.9 Å². The van der Waals surface area contributed by atoms with Gasteiger partial charge in [-0.1, -0.05) is 12.1 Å². The molecule has 2 N–H and O–H groups in total. The van der Waals surface area contributed by atoms with Crippen LogP contribution in [0.3, 0.4) is 0 Å². The van der Waals surface area contributed by atoms with Crippen molar-refractivity contribution in [2.45, 2.75) is 37.3 Å². The lowest BCUT2D eigenvalue weighted by Gasteiger charge is -2.24. The third kappa shape index (κ3) is 3.63. The molecular formula is C13H19NO5S2. The minimum absolute atomic E-state index is 0.0122. The van der Waals surface area contributed by atoms with Crippen molar-refractivity contribution in [2.24, 2.45) is 0 Å². The van der Waals surface area contributed by atoms with Crippen LogP contribution in [0.1, 0.15) is 24.5 Å². The molecule has 118 valence electrons. The molecule has 21 heavy (non-hydrogen) atoms. The monoisotopic (exact) mass is 333 g/mol. The Labute approximate surface area is 125 Å². The topological polar surface area (TPSA) is 101 Å². The van der Waals surface area contributed by atoms with Crippen molar-refractivity contribution in [1.29, 1.82) is 0 Å². The largest absolute Gasteiger partial charge is 0.392 e. The summed E-state index contributed by atoms with van der Waals surface area (Å²) in [6.07, 6.45) is 0.257. The van der Waals surface area contributed by atoms with E-state index in [0.29, 0.717) is 11.1 Å². The van der Waals surface area contributed by atoms with Crippen molar-refractivity contribution < 1.29 is 21.9 Å². The number of hydrogen-bond acceptors (Lipinski definition) is 5. The van der Waals surface area contributed by atoms with Gasteiger partial charge in [0.1, 0.15) is 0 Å². The molecule has 0 bridgehead atoms. The summed E-state index contributed by atoms with van der Waals surface area (Å²) in [6, 6.07) is 4.68. The number of aliphatic hydroxyl groups excluding tert-OH is 1. The van der Waals surface area contributed by atoms with Gasteiger partial charge >= 0.3 is 0 Å². The second-order valence-electron chi connectivity index (χ2n) is 5.77. The lowest BCUT2D eigenvalue weighted by Crippen LogP contribution is -2.46. The lowest BCUT2D eigenvalue weighted by atomic mass is 10.0. The lowest BCUT2D eigenvalue weighted by molar-refractivity contribution is 0.281. The molecule has 1 heterocycles. The molecule has 0 spiro atoms. The van der Waals surface area contributed by atoms with Crippen LogP contribution < -0.4 is 4.72 Å². The zero-order chi connectivity index (χ0) is 15.9. The summed E-state index contributed by atoms with van der Waals surface area (Å²) < 4.78 is 50.7. The van der Waals surface area contributed by atoms with E-state index >= 15 is 0 Å². The minimum atomic E-state index is -3.84. The van der Waals surface area contributed by atoms with Crippen LogP contribution in [0.2, 0.25) is 0 Å². The molecule has 0 aromatic heterocycles. The van der Waals surface area contributed by atoms with E-state index in [1.807, 2.05) is 0 Å². The van der Waals surface area contributed by atoms with Crippen molar-refractivity contribution in [2.75, 3.05) is 11.5 Å². The third-order valence-corrected chi connectivity index (χ3v) is 7.29. The Hall–Kier alpha value is -0.960. The first-order valence-electron chi connectivity index (χ1n) is 6.52. The first kappa shape index (κ1) is 16.4. The molecule has 1 aromatic carbocycles. The van der Waals surface area contributed by atoms with Gasteiger partial charge in [0, 0.05) is 5.54 Å². The van der Waals surface area contributed by atoms with Gasteiger partial charge in [-0.05, 0) is 37.5 Å². The standard InChI is InChI=1S/C13H19NO5S2/c1-10-3-4-11(8-15)7-12(10)21(18,19)14-13(2)5-6-20(16,17)9-13/h3-4,7,14-15H,5-6,8-9H2,1-2H3. The number of rotatable bonds is 4. The van der Waals surface area contributed by atoms with Gasteiger partial charge in [-0.25, -0.2) is 21.6 Å². The summed E-state index contributed by atoms with van der Waals surface area (Å²) in [6.45, 7) is 3.00. The summed E-state index contributed by atoms with van der Waals surface area (Å²) in [4.78, 5) is 0.0690. The quantitative estimate of drug-likeness (QED) is 0.828. The summed E-state index contributed by atoms with van der Waals surface area (Å²) in [5.41, 5.74) is 0.0496. The first-order valence-corrected chi connectivity index (χ1v) is 9.82. The van der Waals surface area contributed by atoms with Gasteiger partial charge in [-0.15, -0.1) is 0 Å². The van der Waals surface area contributed by atoms with Gasteiger partial charge < -0.3 is 5.11 Å². The highest BCUT2D eigenvalue weighted by atomic mass is 32.2. The Morgan fingerprint density at radius 2 is 2.05 bits per heavy atom. The highest BCUT2D eigenvalue weighted by Crippen LogP contribution is 2.26. The maximum absolute atomic E-state index is 12.5. The zero-order valence-corrected chi connectivity index (χ0v) is 13.6. The van der Waals surface area contributed by atoms with Crippen LogP contribution in [0, 0.1) is 6.92 Å². The van der Waals surface area contributed by atoms with Crippen molar-refractivity contribution in [3.8, 4) is 0 Å². The smallest absolute Gasteiger partial charge is 0.241 e. The van der Waals surface area contributed by atoms with Crippen LogP contribution >= 0.6 is 0 Å². The molecule has 2 rings (SSSR count). The van der Waals surface area contributed by atoms with Gasteiger partial charge in [0.2, 0.25) is 10.0 Å². The van der Waals surface area contributed by atoms with Gasteiger partial charge in [0.25, 0.3) is 0 Å². The van der Waals surface area contributed by atoms with Gasteiger partial charge in [-0.3, -0.25) is 0 Å². The summed E-state index contributed by atoms with van der Waals surface area (Å²) in [5, 5.41) is 9.13. The molecule has 1 aliphatic rings. The van der Waals surface area contributed by atoms with Crippen LogP contribution in [-0.2, 0) is 26.5 Å². The van der Waals surface area contributed by atoms with E-state index in [9.17, 15) is 16.8 Å². The van der Waals surface area contributed by atoms with E-state index in [1.165, 1.54) is 6.07 Å². The number of nitrogens with one attached hydrogen (secondary N) is 1. The number of aliphatic hydroxyl groups is 1. The molecule has 0 aliphatic carbocycles. The number of aryl methyl sites for hydroxylation is 1. The Balaban J connectivity index is 2.35. The average molecular weight is 333 g/mol. The highest BCUT2D eigenvalue weighted by Gasteiger charge is 2.41. The first-order chi connectivity index (χ1) is 9.57. The fraction of sp³-hybridized carbons (Fsp3) is 0.538. The van der Waals surface area contributed by atoms with Crippen LogP contribution in [0.25, 0.3) is 0 Å². The predicted molar refractivity (Wildman–Crippen MR) is 79.1 cm³/mol. The maximum Gasteiger partial charge on any atom is 0.241 e. The Bertz CT molecular complexity index is 755. The predicted octanol–water partition coefficient (Wildman–Crippen LogP) is 0.343. The molecule has 1 aliphatic heterocycles. The molecule has 6 nitrogen and oxygen atoms in total. The molecule has 1 saturated heterocycles. The van der Waals surface area contributed by atoms with E-state index in [0.717, 1.165) is 0 Å². The zero-order valence-electron chi connectivity index (χ0n) is 12.0. The van der Waals surface area contributed by atoms with E-state index in [1.54, 1.807) is 26.0 Å². The number of hydrogen-bond donors (Lipinski definition) is 2. The minimum Gasteiger partial charge on any atom is -0.392 e. The number of sulfonamides is 1. The van der Waals surface area contributed by atoms with Crippen molar-refractivity contribution in [3.05, 3.63) is 29.3 Å². The van der Waals surface area contributed by atoms with E-state index in [-0.39, 0.29) is 29.4 Å². The molecular weight excluding hydrogens is 314 g/mol. The van der Waals surface area contributed by atoms with Crippen LogP contribution in [0.4, 0.5) is 0 Å². The normalized spacial score (nSPS) is 25.1. The average Bonchev–Trinajstić information content (AvgIpc) is 2.62. The number of benzene rings is 1. The molecule has 1 unspecified atom stereocenters. The van der Waals surface area contributed by atoms with Crippen molar-refractivity contribution in [1.82, 2.24) is 4.72 Å². The second-order valence-corrected chi connectivity index (χ2v) is 9.60. The van der Waals surface area contributed by atoms with E-state index in [2.05, 4.69) is 4.72 Å². The summed E-state index contributed by atoms with van der Waals surface area (Å²) in [7, 11) is -7.04. The van der Waals surface area contributed by atoms with Gasteiger partial charge in [0.05, 0.1) is 23.0 Å². The molecule has 1 fully saturated rings. The molecule has 1 aromatic rings. The number of sulfone groups is 1. The van der Waals surface area contributed by atoms with Crippen LogP contribution in [0.15, 0.2) is 23.1 Å². The Morgan fingerprint density at radius 3 is 2.57 bits per heavy atom. The molecule has 0 radical (unpaired) electrons. The van der Waals surface area contributed by atoms with E-state index in [4.69, 9.17) is 5.11 Å². The SMILES string of the molecule is Cc1ccc(CO)cc1S(=O)(=O)NC1(C)CCS(=O)(=O)C1. The fourth-order valence-electron chi connectivity index (χ4n) is 2.50. The molecule has 8 heteroatoms. The summed E-state index contributed by atoms with van der Waals surface area (Å²) in [5.74, 6) is -0.209.